The summed E-state index contributed by atoms with van der Waals surface area (Å²) in [4.78, 5) is 29.5. The Kier molecular flexibility index (Phi) is 6.09. The van der Waals surface area contributed by atoms with Crippen LogP contribution in [0.1, 0.15) is 22.8 Å². The number of carbonyl (C=O) groups excluding carboxylic acids is 1. The smallest absolute Gasteiger partial charge is 0.407 e. The molecule has 0 atom stereocenters. The third-order valence-corrected chi connectivity index (χ3v) is 4.47. The molecule has 2 amide bonds. The molecule has 7 nitrogen and oxygen atoms in total. The van der Waals surface area contributed by atoms with Gasteiger partial charge in [-0.25, -0.2) is 9.78 Å². The van der Waals surface area contributed by atoms with Crippen molar-refractivity contribution in [2.24, 2.45) is 0 Å². The number of carboxylic acid groups (broad SMARTS) is 1. The van der Waals surface area contributed by atoms with Crippen molar-refractivity contribution in [1.29, 1.82) is 0 Å². The third-order valence-electron chi connectivity index (χ3n) is 4.47. The number of nitrogens with one attached hydrogen (secondary N) is 1. The Hall–Kier alpha value is -3.87. The first-order valence-corrected chi connectivity index (χ1v) is 9.18. The molecular formula is C22H22N4O3. The zero-order valence-corrected chi connectivity index (χ0v) is 16.0. The van der Waals surface area contributed by atoms with Gasteiger partial charge in [-0.1, -0.05) is 42.5 Å². The topological polar surface area (TPSA) is 109 Å². The zero-order valence-electron chi connectivity index (χ0n) is 16.0. The zero-order chi connectivity index (χ0) is 20.8. The van der Waals surface area contributed by atoms with Crippen LogP contribution in [-0.2, 0) is 6.54 Å². The lowest BCUT2D eigenvalue weighted by molar-refractivity contribution is 0.102. The fraction of sp³-hybridized carbons (Fsp3) is 0.136. The number of pyridine rings is 1. The molecule has 0 aliphatic rings. The number of aromatic nitrogens is 1. The molecule has 0 fully saturated rings. The molecule has 0 spiro atoms. The fourth-order valence-electron chi connectivity index (χ4n) is 2.82. The van der Waals surface area contributed by atoms with Gasteiger partial charge in [-0.2, -0.15) is 0 Å². The average Bonchev–Trinajstić information content (AvgIpc) is 2.74. The highest BCUT2D eigenvalue weighted by Gasteiger charge is 2.13. The van der Waals surface area contributed by atoms with Crippen molar-refractivity contribution >= 4 is 23.5 Å². The molecule has 7 heteroatoms. The van der Waals surface area contributed by atoms with Crippen LogP contribution in [0.3, 0.4) is 0 Å². The van der Waals surface area contributed by atoms with Crippen LogP contribution in [0.2, 0.25) is 0 Å². The van der Waals surface area contributed by atoms with Crippen LogP contribution < -0.4 is 11.1 Å². The average molecular weight is 390 g/mol. The summed E-state index contributed by atoms with van der Waals surface area (Å²) in [6.07, 6.45) is -0.978. The van der Waals surface area contributed by atoms with Crippen LogP contribution in [0.15, 0.2) is 66.7 Å². The highest BCUT2D eigenvalue weighted by atomic mass is 16.4. The first kappa shape index (κ1) is 19.9. The van der Waals surface area contributed by atoms with Crippen molar-refractivity contribution in [2.45, 2.75) is 13.5 Å². The molecule has 3 aromatic rings. The van der Waals surface area contributed by atoms with E-state index in [2.05, 4.69) is 10.3 Å². The van der Waals surface area contributed by atoms with Gasteiger partial charge in [-0.3, -0.25) is 4.79 Å². The molecule has 0 radical (unpaired) electrons. The SMILES string of the molecule is CCN(Cc1ccc(C(=O)Nc2nc(-c3ccccc3)ccc2N)cc1)C(=O)O. The second kappa shape index (κ2) is 8.88. The number of carbonyl (C=O) groups is 2. The lowest BCUT2D eigenvalue weighted by atomic mass is 10.1. The van der Waals surface area contributed by atoms with Crippen molar-refractivity contribution in [3.63, 3.8) is 0 Å². The van der Waals surface area contributed by atoms with E-state index in [1.54, 1.807) is 43.3 Å². The molecule has 2 aromatic carbocycles. The van der Waals surface area contributed by atoms with E-state index in [0.29, 0.717) is 29.3 Å². The Bertz CT molecular complexity index is 1000. The van der Waals surface area contributed by atoms with E-state index in [4.69, 9.17) is 10.8 Å². The molecule has 0 unspecified atom stereocenters. The number of hydrogen-bond donors (Lipinski definition) is 3. The van der Waals surface area contributed by atoms with Gasteiger partial charge in [-0.15, -0.1) is 0 Å². The predicted molar refractivity (Wildman–Crippen MR) is 113 cm³/mol. The Balaban J connectivity index is 1.74. The highest BCUT2D eigenvalue weighted by Crippen LogP contribution is 2.23. The summed E-state index contributed by atoms with van der Waals surface area (Å²) >= 11 is 0. The molecule has 29 heavy (non-hydrogen) atoms. The number of nitrogen functional groups attached to an aromatic ring is 1. The van der Waals surface area contributed by atoms with Gasteiger partial charge in [0.1, 0.15) is 0 Å². The summed E-state index contributed by atoms with van der Waals surface area (Å²) in [7, 11) is 0. The van der Waals surface area contributed by atoms with Gasteiger partial charge in [0.15, 0.2) is 5.82 Å². The maximum atomic E-state index is 12.6. The van der Waals surface area contributed by atoms with E-state index in [9.17, 15) is 9.59 Å². The monoisotopic (exact) mass is 390 g/mol. The molecule has 4 N–H and O–H groups in total. The van der Waals surface area contributed by atoms with Gasteiger partial charge in [0.25, 0.3) is 5.91 Å². The van der Waals surface area contributed by atoms with Crippen molar-refractivity contribution in [1.82, 2.24) is 9.88 Å². The largest absolute Gasteiger partial charge is 0.465 e. The normalized spacial score (nSPS) is 10.4. The number of nitrogens with zero attached hydrogens (tertiary/aromatic N) is 2. The minimum Gasteiger partial charge on any atom is -0.465 e. The van der Waals surface area contributed by atoms with E-state index in [-0.39, 0.29) is 12.5 Å². The van der Waals surface area contributed by atoms with E-state index < -0.39 is 6.09 Å². The molecule has 148 valence electrons. The summed E-state index contributed by atoms with van der Waals surface area (Å²) in [6, 6.07) is 19.9. The fourth-order valence-corrected chi connectivity index (χ4v) is 2.82. The van der Waals surface area contributed by atoms with Gasteiger partial charge >= 0.3 is 6.09 Å². The van der Waals surface area contributed by atoms with Gasteiger partial charge in [-0.05, 0) is 36.8 Å². The van der Waals surface area contributed by atoms with Crippen molar-refractivity contribution in [3.05, 3.63) is 77.9 Å². The van der Waals surface area contributed by atoms with Crippen LogP contribution >= 0.6 is 0 Å². The third kappa shape index (κ3) is 4.90. The Morgan fingerprint density at radius 3 is 2.34 bits per heavy atom. The van der Waals surface area contributed by atoms with Gasteiger partial charge in [0.2, 0.25) is 0 Å². The minimum absolute atomic E-state index is 0.265. The standard InChI is InChI=1S/C22H22N4O3/c1-2-26(22(28)29)14-15-8-10-17(11-9-15)21(27)25-20-18(23)12-13-19(24-20)16-6-4-3-5-7-16/h3-13H,2,14,23H2,1H3,(H,28,29)(H,24,25,27). The van der Waals surface area contributed by atoms with Crippen molar-refractivity contribution < 1.29 is 14.7 Å². The maximum absolute atomic E-state index is 12.6. The molecule has 3 rings (SSSR count). The number of anilines is 2. The van der Waals surface area contributed by atoms with Gasteiger partial charge in [0.05, 0.1) is 11.4 Å². The van der Waals surface area contributed by atoms with Crippen LogP contribution in [0.4, 0.5) is 16.3 Å². The molecule has 1 aromatic heterocycles. The molecule has 0 bridgehead atoms. The Morgan fingerprint density at radius 2 is 1.72 bits per heavy atom. The first-order valence-electron chi connectivity index (χ1n) is 9.18. The summed E-state index contributed by atoms with van der Waals surface area (Å²) in [5.41, 5.74) is 9.21. The van der Waals surface area contributed by atoms with Crippen LogP contribution in [-0.4, -0.2) is 33.5 Å². The van der Waals surface area contributed by atoms with Gasteiger partial charge < -0.3 is 21.1 Å². The molecule has 0 saturated heterocycles. The van der Waals surface area contributed by atoms with E-state index in [0.717, 1.165) is 11.1 Å². The Labute approximate surface area is 168 Å². The van der Waals surface area contributed by atoms with Gasteiger partial charge in [0, 0.05) is 24.2 Å². The molecule has 0 aliphatic heterocycles. The van der Waals surface area contributed by atoms with Crippen LogP contribution in [0.25, 0.3) is 11.3 Å². The number of hydrogen-bond acceptors (Lipinski definition) is 4. The lowest BCUT2D eigenvalue weighted by Crippen LogP contribution is -2.28. The number of benzene rings is 2. The first-order chi connectivity index (χ1) is 14.0. The molecule has 0 saturated carbocycles. The minimum atomic E-state index is -0.978. The second-order valence-corrected chi connectivity index (χ2v) is 6.45. The molecule has 0 aliphatic carbocycles. The summed E-state index contributed by atoms with van der Waals surface area (Å²) in [5.74, 6) is -0.0463. The number of amides is 2. The Morgan fingerprint density at radius 1 is 1.03 bits per heavy atom. The quantitative estimate of drug-likeness (QED) is 0.588. The van der Waals surface area contributed by atoms with Crippen LogP contribution in [0, 0.1) is 0 Å². The molecular weight excluding hydrogens is 368 g/mol. The van der Waals surface area contributed by atoms with Crippen molar-refractivity contribution in [2.75, 3.05) is 17.6 Å². The number of nitrogens with two attached hydrogens (primary N) is 1. The van der Waals surface area contributed by atoms with E-state index >= 15 is 0 Å². The molecule has 1 heterocycles. The summed E-state index contributed by atoms with van der Waals surface area (Å²) in [5, 5.41) is 11.9. The highest BCUT2D eigenvalue weighted by molar-refractivity contribution is 6.05. The maximum Gasteiger partial charge on any atom is 0.407 e. The predicted octanol–water partition coefficient (Wildman–Crippen LogP) is 4.08. The second-order valence-electron chi connectivity index (χ2n) is 6.45. The van der Waals surface area contributed by atoms with Crippen molar-refractivity contribution in [3.8, 4) is 11.3 Å². The van der Waals surface area contributed by atoms with E-state index in [1.807, 2.05) is 30.3 Å². The summed E-state index contributed by atoms with van der Waals surface area (Å²) < 4.78 is 0. The lowest BCUT2D eigenvalue weighted by Gasteiger charge is -2.17. The number of rotatable bonds is 6. The van der Waals surface area contributed by atoms with Crippen LogP contribution in [0.5, 0.6) is 0 Å². The van der Waals surface area contributed by atoms with E-state index in [1.165, 1.54) is 4.90 Å². The summed E-state index contributed by atoms with van der Waals surface area (Å²) in [6.45, 7) is 2.43.